The lowest BCUT2D eigenvalue weighted by Crippen LogP contribution is -2.34. The topological polar surface area (TPSA) is 37.4 Å². The molecule has 108 valence electrons. The van der Waals surface area contributed by atoms with Crippen LogP contribution < -0.4 is 0 Å². The van der Waals surface area contributed by atoms with E-state index in [1.807, 2.05) is 45.2 Å². The predicted molar refractivity (Wildman–Crippen MR) is 85.5 cm³/mol. The van der Waals surface area contributed by atoms with Gasteiger partial charge in [0.15, 0.2) is 0 Å². The van der Waals surface area contributed by atoms with Crippen molar-refractivity contribution < 1.29 is 9.59 Å². The SMILES string of the molecule is CC(C)CN1C(=O)C(SC(C)C)=C(c2cccs2)C1=O. The minimum atomic E-state index is -0.144. The number of thiophene rings is 1. The van der Waals surface area contributed by atoms with Crippen molar-refractivity contribution in [1.29, 1.82) is 0 Å². The highest BCUT2D eigenvalue weighted by Gasteiger charge is 2.39. The first kappa shape index (κ1) is 15.3. The van der Waals surface area contributed by atoms with Crippen LogP contribution in [0.4, 0.5) is 0 Å². The van der Waals surface area contributed by atoms with Crippen LogP contribution in [-0.2, 0) is 9.59 Å². The molecule has 0 atom stereocenters. The van der Waals surface area contributed by atoms with E-state index in [4.69, 9.17) is 0 Å². The zero-order valence-electron chi connectivity index (χ0n) is 12.2. The van der Waals surface area contributed by atoms with Gasteiger partial charge in [-0.25, -0.2) is 0 Å². The lowest BCUT2D eigenvalue weighted by molar-refractivity contribution is -0.137. The van der Waals surface area contributed by atoms with Gasteiger partial charge in [-0.05, 0) is 17.4 Å². The van der Waals surface area contributed by atoms with E-state index >= 15 is 0 Å². The summed E-state index contributed by atoms with van der Waals surface area (Å²) >= 11 is 2.99. The number of amides is 2. The van der Waals surface area contributed by atoms with Crippen LogP contribution in [0.15, 0.2) is 22.4 Å². The number of carbonyl (C=O) groups is 2. The summed E-state index contributed by atoms with van der Waals surface area (Å²) in [4.78, 5) is 28.0. The normalized spacial score (nSPS) is 16.2. The Morgan fingerprint density at radius 3 is 2.40 bits per heavy atom. The summed E-state index contributed by atoms with van der Waals surface area (Å²) in [6.45, 7) is 8.58. The van der Waals surface area contributed by atoms with Gasteiger partial charge in [-0.2, -0.15) is 0 Å². The maximum Gasteiger partial charge on any atom is 0.268 e. The van der Waals surface area contributed by atoms with Gasteiger partial charge in [0.05, 0.1) is 10.5 Å². The summed E-state index contributed by atoms with van der Waals surface area (Å²) in [5.41, 5.74) is 0.587. The van der Waals surface area contributed by atoms with E-state index in [1.54, 1.807) is 0 Å². The van der Waals surface area contributed by atoms with E-state index < -0.39 is 0 Å². The fourth-order valence-electron chi connectivity index (χ4n) is 2.07. The molecule has 0 aliphatic carbocycles. The maximum atomic E-state index is 12.6. The zero-order chi connectivity index (χ0) is 14.9. The van der Waals surface area contributed by atoms with Crippen molar-refractivity contribution in [3.63, 3.8) is 0 Å². The van der Waals surface area contributed by atoms with Gasteiger partial charge < -0.3 is 0 Å². The summed E-state index contributed by atoms with van der Waals surface area (Å²) in [6.07, 6.45) is 0. The fraction of sp³-hybridized carbons (Fsp3) is 0.467. The Hall–Kier alpha value is -1.07. The Morgan fingerprint density at radius 1 is 1.20 bits per heavy atom. The number of nitrogens with zero attached hydrogens (tertiary/aromatic N) is 1. The van der Waals surface area contributed by atoms with Gasteiger partial charge in [0.1, 0.15) is 0 Å². The lowest BCUT2D eigenvalue weighted by atomic mass is 10.2. The Labute approximate surface area is 128 Å². The zero-order valence-corrected chi connectivity index (χ0v) is 13.8. The molecule has 0 fully saturated rings. The molecule has 2 heterocycles. The van der Waals surface area contributed by atoms with Gasteiger partial charge >= 0.3 is 0 Å². The third-order valence-electron chi connectivity index (χ3n) is 2.79. The summed E-state index contributed by atoms with van der Waals surface area (Å²) in [5, 5.41) is 2.21. The average Bonchev–Trinajstić information content (AvgIpc) is 2.92. The van der Waals surface area contributed by atoms with E-state index in [0.29, 0.717) is 17.0 Å². The van der Waals surface area contributed by atoms with Crippen LogP contribution in [0, 0.1) is 5.92 Å². The summed E-state index contributed by atoms with van der Waals surface area (Å²) in [5.74, 6) is -0.00372. The summed E-state index contributed by atoms with van der Waals surface area (Å²) < 4.78 is 0. The van der Waals surface area contributed by atoms with Crippen LogP contribution in [0.25, 0.3) is 5.57 Å². The second-order valence-corrected chi connectivity index (χ2v) is 8.00. The fourth-order valence-corrected chi connectivity index (χ4v) is 3.90. The Kier molecular flexibility index (Phi) is 4.70. The Bertz CT molecular complexity index is 544. The van der Waals surface area contributed by atoms with Crippen molar-refractivity contribution in [2.75, 3.05) is 6.54 Å². The summed E-state index contributed by atoms with van der Waals surface area (Å²) in [7, 11) is 0. The Balaban J connectivity index is 2.42. The monoisotopic (exact) mass is 309 g/mol. The van der Waals surface area contributed by atoms with E-state index in [1.165, 1.54) is 28.0 Å². The molecule has 0 bridgehead atoms. The van der Waals surface area contributed by atoms with Gasteiger partial charge in [-0.1, -0.05) is 33.8 Å². The van der Waals surface area contributed by atoms with Crippen LogP contribution in [0.3, 0.4) is 0 Å². The molecule has 1 aromatic rings. The van der Waals surface area contributed by atoms with E-state index in [9.17, 15) is 9.59 Å². The van der Waals surface area contributed by atoms with Crippen molar-refractivity contribution >= 4 is 40.5 Å². The molecule has 0 unspecified atom stereocenters. The second kappa shape index (κ2) is 6.14. The van der Waals surface area contributed by atoms with Gasteiger partial charge in [0.2, 0.25) is 0 Å². The molecule has 0 aromatic carbocycles. The molecule has 0 N–H and O–H groups in total. The largest absolute Gasteiger partial charge is 0.274 e. The Morgan fingerprint density at radius 2 is 1.90 bits per heavy atom. The highest BCUT2D eigenvalue weighted by atomic mass is 32.2. The third-order valence-corrected chi connectivity index (χ3v) is 4.77. The molecule has 2 rings (SSSR count). The van der Waals surface area contributed by atoms with Crippen molar-refractivity contribution in [3.8, 4) is 0 Å². The molecule has 0 saturated carbocycles. The first-order chi connectivity index (χ1) is 9.41. The molecule has 2 amide bonds. The maximum absolute atomic E-state index is 12.6. The average molecular weight is 309 g/mol. The quantitative estimate of drug-likeness (QED) is 0.780. The molecule has 1 aliphatic heterocycles. The van der Waals surface area contributed by atoms with Gasteiger partial charge in [-0.3, -0.25) is 14.5 Å². The van der Waals surface area contributed by atoms with Crippen molar-refractivity contribution in [1.82, 2.24) is 4.90 Å². The predicted octanol–water partition coefficient (Wildman–Crippen LogP) is 3.63. The second-order valence-electron chi connectivity index (χ2n) is 5.46. The highest BCUT2D eigenvalue weighted by Crippen LogP contribution is 2.39. The molecular weight excluding hydrogens is 290 g/mol. The van der Waals surface area contributed by atoms with E-state index in [-0.39, 0.29) is 23.0 Å². The molecule has 0 radical (unpaired) electrons. The van der Waals surface area contributed by atoms with Gasteiger partial charge in [0.25, 0.3) is 11.8 Å². The van der Waals surface area contributed by atoms with Gasteiger partial charge in [0, 0.05) is 16.7 Å². The number of rotatable bonds is 5. The van der Waals surface area contributed by atoms with Crippen LogP contribution in [0.2, 0.25) is 0 Å². The van der Waals surface area contributed by atoms with Crippen LogP contribution >= 0.6 is 23.1 Å². The standard InChI is InChI=1S/C15H19NO2S2/c1-9(2)8-16-14(17)12(11-6-5-7-19-11)13(15(16)18)20-10(3)4/h5-7,9-10H,8H2,1-4H3. The number of hydrogen-bond acceptors (Lipinski definition) is 4. The third kappa shape index (κ3) is 2.99. The van der Waals surface area contributed by atoms with Crippen molar-refractivity contribution in [2.24, 2.45) is 5.92 Å². The highest BCUT2D eigenvalue weighted by molar-refractivity contribution is 8.04. The number of imide groups is 1. The van der Waals surface area contributed by atoms with Gasteiger partial charge in [-0.15, -0.1) is 23.1 Å². The van der Waals surface area contributed by atoms with Crippen LogP contribution in [0.5, 0.6) is 0 Å². The summed E-state index contributed by atoms with van der Waals surface area (Å²) in [6, 6.07) is 3.82. The lowest BCUT2D eigenvalue weighted by Gasteiger charge is -2.17. The molecule has 1 aromatic heterocycles. The van der Waals surface area contributed by atoms with Crippen LogP contribution in [0.1, 0.15) is 32.6 Å². The number of thioether (sulfide) groups is 1. The number of hydrogen-bond donors (Lipinski definition) is 0. The molecule has 0 saturated heterocycles. The van der Waals surface area contributed by atoms with Crippen molar-refractivity contribution in [3.05, 3.63) is 27.3 Å². The minimum Gasteiger partial charge on any atom is -0.274 e. The molecule has 20 heavy (non-hydrogen) atoms. The molecule has 5 heteroatoms. The van der Waals surface area contributed by atoms with E-state index in [2.05, 4.69) is 0 Å². The van der Waals surface area contributed by atoms with E-state index in [0.717, 1.165) is 4.88 Å². The van der Waals surface area contributed by atoms with Crippen LogP contribution in [-0.4, -0.2) is 28.5 Å². The van der Waals surface area contributed by atoms with Crippen molar-refractivity contribution in [2.45, 2.75) is 32.9 Å². The first-order valence-electron chi connectivity index (χ1n) is 6.72. The number of carbonyl (C=O) groups excluding carboxylic acids is 2. The molecule has 3 nitrogen and oxygen atoms in total. The molecule has 1 aliphatic rings. The molecule has 0 spiro atoms. The minimum absolute atomic E-state index is 0.134. The molecular formula is C15H19NO2S2. The first-order valence-corrected chi connectivity index (χ1v) is 8.48. The smallest absolute Gasteiger partial charge is 0.268 e.